The van der Waals surface area contributed by atoms with Gasteiger partial charge >= 0.3 is 0 Å². The van der Waals surface area contributed by atoms with Gasteiger partial charge in [0.2, 0.25) is 0 Å². The highest BCUT2D eigenvalue weighted by atomic mass is 32.1. The number of para-hydroxylation sites is 1. The molecule has 0 bridgehead atoms. The summed E-state index contributed by atoms with van der Waals surface area (Å²) in [4.78, 5) is 38.5. The highest BCUT2D eigenvalue weighted by molar-refractivity contribution is 7.13. The van der Waals surface area contributed by atoms with Gasteiger partial charge in [0.25, 0.3) is 11.5 Å². The van der Waals surface area contributed by atoms with Crippen molar-refractivity contribution in [2.75, 3.05) is 13.1 Å². The number of halogens is 1. The van der Waals surface area contributed by atoms with Crippen LogP contribution < -0.4 is 10.3 Å². The van der Waals surface area contributed by atoms with Crippen molar-refractivity contribution in [2.24, 2.45) is 0 Å². The molecule has 0 saturated carbocycles. The van der Waals surface area contributed by atoms with Crippen molar-refractivity contribution in [1.82, 2.24) is 19.9 Å². The molecule has 1 aromatic carbocycles. The first-order valence-corrected chi connectivity index (χ1v) is 11.1. The molecule has 1 N–H and O–H groups in total. The van der Waals surface area contributed by atoms with Crippen molar-refractivity contribution in [2.45, 2.75) is 38.2 Å². The molecule has 1 aliphatic rings. The van der Waals surface area contributed by atoms with Gasteiger partial charge in [-0.25, -0.2) is 14.4 Å². The van der Waals surface area contributed by atoms with Crippen LogP contribution in [0.15, 0.2) is 46.7 Å². The van der Waals surface area contributed by atoms with Crippen molar-refractivity contribution in [3.8, 4) is 16.5 Å². The van der Waals surface area contributed by atoms with E-state index in [1.807, 2.05) is 12.3 Å². The van der Waals surface area contributed by atoms with Crippen LogP contribution in [0.25, 0.3) is 10.7 Å². The summed E-state index contributed by atoms with van der Waals surface area (Å²) in [6, 6.07) is 7.54. The Kier molecular flexibility index (Phi) is 6.41. The molecule has 7 nitrogen and oxygen atoms in total. The number of H-pyrrole nitrogens is 1. The average molecular weight is 443 g/mol. The number of ether oxygens (including phenoxy) is 1. The molecule has 0 spiro atoms. The van der Waals surface area contributed by atoms with Crippen LogP contribution in [0.5, 0.6) is 5.75 Å². The van der Waals surface area contributed by atoms with E-state index in [9.17, 15) is 14.0 Å². The Labute approximate surface area is 182 Å². The summed E-state index contributed by atoms with van der Waals surface area (Å²) in [5.41, 5.74) is 0.356. The number of nitrogens with one attached hydrogen (secondary N) is 1. The maximum Gasteiger partial charge on any atom is 0.263 e. The Bertz CT molecular complexity index is 1090. The van der Waals surface area contributed by atoms with Crippen LogP contribution in [-0.4, -0.2) is 45.0 Å². The minimum absolute atomic E-state index is 0.0456. The highest BCUT2D eigenvalue weighted by Crippen LogP contribution is 2.28. The van der Waals surface area contributed by atoms with Crippen LogP contribution in [0.4, 0.5) is 4.39 Å². The van der Waals surface area contributed by atoms with Gasteiger partial charge in [-0.2, -0.15) is 0 Å². The molecule has 3 aromatic rings. The zero-order chi connectivity index (χ0) is 21.8. The third kappa shape index (κ3) is 4.82. The molecule has 1 fully saturated rings. The maximum atomic E-state index is 13.9. The monoisotopic (exact) mass is 442 g/mol. The van der Waals surface area contributed by atoms with Gasteiger partial charge in [-0.05, 0) is 31.4 Å². The Morgan fingerprint density at radius 1 is 1.35 bits per heavy atom. The van der Waals surface area contributed by atoms with E-state index in [-0.39, 0.29) is 23.1 Å². The molecule has 0 aliphatic carbocycles. The van der Waals surface area contributed by atoms with Crippen molar-refractivity contribution in [1.29, 1.82) is 0 Å². The standard InChI is InChI=1S/C22H23FN4O3S/c1-2-17(30-18-6-4-3-5-15(18)23)22(29)27-10-7-14(8-11-27)20-25-16(13-19(28)26-20)21-24-9-12-31-21/h3-6,9,12-14,17H,2,7-8,10-11H2,1H3,(H,25,26,28). The zero-order valence-electron chi connectivity index (χ0n) is 17.1. The van der Waals surface area contributed by atoms with Crippen LogP contribution in [-0.2, 0) is 4.79 Å². The molecule has 1 amide bonds. The third-order valence-electron chi connectivity index (χ3n) is 5.36. The number of carbonyl (C=O) groups excluding carboxylic acids is 1. The van der Waals surface area contributed by atoms with Gasteiger partial charge < -0.3 is 14.6 Å². The quantitative estimate of drug-likeness (QED) is 0.630. The van der Waals surface area contributed by atoms with Crippen molar-refractivity contribution in [3.05, 3.63) is 63.9 Å². The van der Waals surface area contributed by atoms with Crippen LogP contribution in [0.3, 0.4) is 0 Å². The number of benzene rings is 1. The molecule has 4 rings (SSSR count). The Morgan fingerprint density at radius 3 is 2.81 bits per heavy atom. The topological polar surface area (TPSA) is 88.2 Å². The fourth-order valence-corrected chi connectivity index (χ4v) is 4.31. The first kappa shape index (κ1) is 21.2. The lowest BCUT2D eigenvalue weighted by Gasteiger charge is -2.33. The van der Waals surface area contributed by atoms with Gasteiger partial charge in [-0.15, -0.1) is 11.3 Å². The number of likely N-dealkylation sites (tertiary alicyclic amines) is 1. The number of carbonyl (C=O) groups is 1. The number of rotatable bonds is 6. The Balaban J connectivity index is 1.42. The predicted molar refractivity (Wildman–Crippen MR) is 116 cm³/mol. The molecule has 1 atom stereocenters. The second-order valence-corrected chi connectivity index (χ2v) is 8.29. The second kappa shape index (κ2) is 9.38. The van der Waals surface area contributed by atoms with E-state index >= 15 is 0 Å². The van der Waals surface area contributed by atoms with E-state index in [1.165, 1.54) is 29.5 Å². The SMILES string of the molecule is CCC(Oc1ccccc1F)C(=O)N1CCC(c2nc(-c3nccs3)cc(=O)[nH]2)CC1. The molecule has 0 radical (unpaired) electrons. The predicted octanol–water partition coefficient (Wildman–Crippen LogP) is 3.60. The summed E-state index contributed by atoms with van der Waals surface area (Å²) in [7, 11) is 0. The van der Waals surface area contributed by atoms with Crippen LogP contribution >= 0.6 is 11.3 Å². The highest BCUT2D eigenvalue weighted by Gasteiger charge is 2.30. The number of aromatic amines is 1. The van der Waals surface area contributed by atoms with E-state index in [2.05, 4.69) is 15.0 Å². The van der Waals surface area contributed by atoms with Gasteiger partial charge in [0.15, 0.2) is 17.7 Å². The van der Waals surface area contributed by atoms with Gasteiger partial charge in [0, 0.05) is 36.7 Å². The summed E-state index contributed by atoms with van der Waals surface area (Å²) >= 11 is 1.43. The van der Waals surface area contributed by atoms with E-state index < -0.39 is 11.9 Å². The zero-order valence-corrected chi connectivity index (χ0v) is 17.9. The largest absolute Gasteiger partial charge is 0.478 e. The maximum absolute atomic E-state index is 13.9. The average Bonchev–Trinajstić information content (AvgIpc) is 3.33. The van der Waals surface area contributed by atoms with E-state index in [1.54, 1.807) is 23.2 Å². The smallest absolute Gasteiger partial charge is 0.263 e. The molecule has 1 unspecified atom stereocenters. The van der Waals surface area contributed by atoms with Gasteiger partial charge in [0.1, 0.15) is 16.5 Å². The van der Waals surface area contributed by atoms with Crippen molar-refractivity contribution >= 4 is 17.2 Å². The number of nitrogens with zero attached hydrogens (tertiary/aromatic N) is 3. The first-order chi connectivity index (χ1) is 15.0. The fourth-order valence-electron chi connectivity index (χ4n) is 3.71. The fraction of sp³-hybridized carbons (Fsp3) is 0.364. The number of thiazole rings is 1. The molecule has 2 aromatic heterocycles. The first-order valence-electron chi connectivity index (χ1n) is 10.3. The van der Waals surface area contributed by atoms with E-state index in [4.69, 9.17) is 4.74 Å². The summed E-state index contributed by atoms with van der Waals surface area (Å²) in [6.07, 6.45) is 2.73. The number of piperidine rings is 1. The Morgan fingerprint density at radius 2 is 2.13 bits per heavy atom. The number of amides is 1. The third-order valence-corrected chi connectivity index (χ3v) is 6.15. The summed E-state index contributed by atoms with van der Waals surface area (Å²) < 4.78 is 19.6. The molecular weight excluding hydrogens is 419 g/mol. The molecule has 1 saturated heterocycles. The summed E-state index contributed by atoms with van der Waals surface area (Å²) in [5.74, 6) is 0.117. The molecule has 1 aliphatic heterocycles. The normalized spacial score (nSPS) is 15.6. The molecule has 162 valence electrons. The molecule has 9 heteroatoms. The number of hydrogen-bond acceptors (Lipinski definition) is 6. The van der Waals surface area contributed by atoms with Gasteiger partial charge in [-0.3, -0.25) is 9.59 Å². The minimum Gasteiger partial charge on any atom is -0.478 e. The molecular formula is C22H23FN4O3S. The minimum atomic E-state index is -0.736. The number of aromatic nitrogens is 3. The summed E-state index contributed by atoms with van der Waals surface area (Å²) in [5, 5.41) is 2.55. The van der Waals surface area contributed by atoms with Crippen molar-refractivity contribution in [3.63, 3.8) is 0 Å². The van der Waals surface area contributed by atoms with E-state index in [0.717, 1.165) is 0 Å². The molecule has 31 heavy (non-hydrogen) atoms. The molecule has 3 heterocycles. The lowest BCUT2D eigenvalue weighted by Crippen LogP contribution is -2.45. The summed E-state index contributed by atoms with van der Waals surface area (Å²) in [6.45, 7) is 2.88. The lowest BCUT2D eigenvalue weighted by molar-refractivity contribution is -0.140. The van der Waals surface area contributed by atoms with Gasteiger partial charge in [0.05, 0.1) is 0 Å². The van der Waals surface area contributed by atoms with Gasteiger partial charge in [-0.1, -0.05) is 19.1 Å². The van der Waals surface area contributed by atoms with Crippen LogP contribution in [0.2, 0.25) is 0 Å². The van der Waals surface area contributed by atoms with Crippen molar-refractivity contribution < 1.29 is 13.9 Å². The number of hydrogen-bond donors (Lipinski definition) is 1. The Hall–Kier alpha value is -3.07. The second-order valence-electron chi connectivity index (χ2n) is 7.40. The van der Waals surface area contributed by atoms with E-state index in [0.29, 0.717) is 48.9 Å². The van der Waals surface area contributed by atoms with Crippen LogP contribution in [0, 0.1) is 5.82 Å². The van der Waals surface area contributed by atoms with Crippen LogP contribution in [0.1, 0.15) is 37.9 Å². The lowest BCUT2D eigenvalue weighted by atomic mass is 9.95.